The van der Waals surface area contributed by atoms with Crippen LogP contribution in [0.2, 0.25) is 0 Å². The Kier molecular flexibility index (Phi) is 9.17. The molecule has 5 nitrogen and oxygen atoms in total. The lowest BCUT2D eigenvalue weighted by molar-refractivity contribution is 0.138. The maximum absolute atomic E-state index is 11.3. The van der Waals surface area contributed by atoms with Crippen LogP contribution >= 0.6 is 24.8 Å². The number of hydrogen-bond acceptors (Lipinski definition) is 3. The summed E-state index contributed by atoms with van der Waals surface area (Å²) in [5.74, 6) is 0. The van der Waals surface area contributed by atoms with E-state index in [1.54, 1.807) is 6.20 Å². The Morgan fingerprint density at radius 2 is 1.73 bits per heavy atom. The number of carbonyl (C=O) groups is 1. The fraction of sp³-hybridized carbons (Fsp3) is 0.200. The van der Waals surface area contributed by atoms with Gasteiger partial charge in [0, 0.05) is 19.3 Å². The first-order chi connectivity index (χ1) is 9.69. The second kappa shape index (κ2) is 10.00. The van der Waals surface area contributed by atoms with Gasteiger partial charge in [-0.05, 0) is 17.2 Å². The summed E-state index contributed by atoms with van der Waals surface area (Å²) in [5.41, 5.74) is 8.10. The molecule has 0 spiro atoms. The van der Waals surface area contributed by atoms with Crippen molar-refractivity contribution in [1.29, 1.82) is 0 Å². The van der Waals surface area contributed by atoms with Gasteiger partial charge >= 0.3 is 6.09 Å². The normalized spacial score (nSPS) is 9.32. The summed E-state index contributed by atoms with van der Waals surface area (Å²) in [5, 5.41) is 9.27. The predicted octanol–water partition coefficient (Wildman–Crippen LogP) is 3.06. The lowest BCUT2D eigenvalue weighted by atomic mass is 10.2. The van der Waals surface area contributed by atoms with Gasteiger partial charge in [-0.3, -0.25) is 9.88 Å². The fourth-order valence-electron chi connectivity index (χ4n) is 1.86. The SMILES string of the molecule is Cl.Cl.NCc1ccc(CN(Cc2ccccc2)C(=O)O)nc1. The van der Waals surface area contributed by atoms with E-state index in [1.165, 1.54) is 4.90 Å². The number of benzene rings is 1. The minimum absolute atomic E-state index is 0. The third kappa shape index (κ3) is 5.89. The van der Waals surface area contributed by atoms with Crippen molar-refractivity contribution in [1.82, 2.24) is 9.88 Å². The number of nitrogens with two attached hydrogens (primary N) is 1. The summed E-state index contributed by atoms with van der Waals surface area (Å²) < 4.78 is 0. The van der Waals surface area contributed by atoms with Crippen LogP contribution in [0.5, 0.6) is 0 Å². The van der Waals surface area contributed by atoms with Crippen molar-refractivity contribution in [2.75, 3.05) is 0 Å². The monoisotopic (exact) mass is 343 g/mol. The molecule has 2 aromatic rings. The van der Waals surface area contributed by atoms with Crippen molar-refractivity contribution >= 4 is 30.9 Å². The van der Waals surface area contributed by atoms with Gasteiger partial charge in [-0.1, -0.05) is 36.4 Å². The van der Waals surface area contributed by atoms with E-state index in [-0.39, 0.29) is 31.4 Å². The Balaban J connectivity index is 0.00000220. The highest BCUT2D eigenvalue weighted by molar-refractivity contribution is 5.85. The van der Waals surface area contributed by atoms with Crippen LogP contribution in [-0.4, -0.2) is 21.1 Å². The summed E-state index contributed by atoms with van der Waals surface area (Å²) in [7, 11) is 0. The number of carboxylic acid groups (broad SMARTS) is 1. The first kappa shape index (κ1) is 20.2. The average molecular weight is 344 g/mol. The van der Waals surface area contributed by atoms with E-state index in [9.17, 15) is 9.90 Å². The van der Waals surface area contributed by atoms with Gasteiger partial charge in [-0.15, -0.1) is 24.8 Å². The molecule has 7 heteroatoms. The predicted molar refractivity (Wildman–Crippen MR) is 90.3 cm³/mol. The summed E-state index contributed by atoms with van der Waals surface area (Å²) in [6.07, 6.45) is 0.719. The number of nitrogens with zero attached hydrogens (tertiary/aromatic N) is 2. The first-order valence-electron chi connectivity index (χ1n) is 6.34. The second-order valence-electron chi connectivity index (χ2n) is 4.49. The van der Waals surface area contributed by atoms with Gasteiger partial charge < -0.3 is 10.8 Å². The largest absolute Gasteiger partial charge is 0.465 e. The molecule has 1 aromatic heterocycles. The Labute approximate surface area is 142 Å². The molecule has 1 aromatic carbocycles. The molecule has 1 heterocycles. The highest BCUT2D eigenvalue weighted by Crippen LogP contribution is 2.09. The van der Waals surface area contributed by atoms with Crippen LogP contribution in [0.15, 0.2) is 48.7 Å². The van der Waals surface area contributed by atoms with Crippen LogP contribution in [0.3, 0.4) is 0 Å². The average Bonchev–Trinajstić information content (AvgIpc) is 2.48. The van der Waals surface area contributed by atoms with E-state index >= 15 is 0 Å². The van der Waals surface area contributed by atoms with Crippen LogP contribution in [-0.2, 0) is 19.6 Å². The molecule has 2 rings (SSSR count). The summed E-state index contributed by atoms with van der Waals surface area (Å²) >= 11 is 0. The van der Waals surface area contributed by atoms with Gasteiger partial charge in [-0.2, -0.15) is 0 Å². The van der Waals surface area contributed by atoms with Gasteiger partial charge in [0.2, 0.25) is 0 Å². The van der Waals surface area contributed by atoms with Gasteiger partial charge in [0.1, 0.15) is 0 Å². The number of hydrogen-bond donors (Lipinski definition) is 2. The summed E-state index contributed by atoms with van der Waals surface area (Å²) in [6.45, 7) is 1.03. The molecule has 0 bridgehead atoms. The molecule has 120 valence electrons. The first-order valence-corrected chi connectivity index (χ1v) is 6.34. The Morgan fingerprint density at radius 1 is 1.05 bits per heavy atom. The van der Waals surface area contributed by atoms with E-state index in [0.717, 1.165) is 11.1 Å². The Bertz CT molecular complexity index is 565. The third-order valence-electron chi connectivity index (χ3n) is 2.96. The van der Waals surface area contributed by atoms with Crippen molar-refractivity contribution in [3.05, 3.63) is 65.5 Å². The molecular weight excluding hydrogens is 325 g/mol. The lowest BCUT2D eigenvalue weighted by Gasteiger charge is -2.19. The van der Waals surface area contributed by atoms with Gasteiger partial charge in [0.15, 0.2) is 0 Å². The standard InChI is InChI=1S/C15H17N3O2.2ClH/c16-8-13-6-7-14(17-9-13)11-18(15(19)20)10-12-4-2-1-3-5-12;;/h1-7,9H,8,10-11,16H2,(H,19,20);2*1H. The number of aromatic nitrogens is 1. The molecule has 0 aliphatic heterocycles. The van der Waals surface area contributed by atoms with Crippen LogP contribution in [0.25, 0.3) is 0 Å². The topological polar surface area (TPSA) is 79.5 Å². The zero-order valence-electron chi connectivity index (χ0n) is 11.9. The van der Waals surface area contributed by atoms with E-state index < -0.39 is 6.09 Å². The number of amides is 1. The quantitative estimate of drug-likeness (QED) is 0.874. The zero-order valence-corrected chi connectivity index (χ0v) is 13.5. The molecule has 0 saturated heterocycles. The summed E-state index contributed by atoms with van der Waals surface area (Å²) in [4.78, 5) is 16.9. The molecule has 0 saturated carbocycles. The maximum Gasteiger partial charge on any atom is 0.407 e. The smallest absolute Gasteiger partial charge is 0.407 e. The van der Waals surface area contributed by atoms with Gasteiger partial charge in [0.05, 0.1) is 12.2 Å². The zero-order chi connectivity index (χ0) is 14.4. The molecule has 0 unspecified atom stereocenters. The highest BCUT2D eigenvalue weighted by Gasteiger charge is 2.13. The van der Waals surface area contributed by atoms with E-state index in [2.05, 4.69) is 4.98 Å². The molecule has 0 aliphatic rings. The Morgan fingerprint density at radius 3 is 2.23 bits per heavy atom. The van der Waals surface area contributed by atoms with Crippen molar-refractivity contribution < 1.29 is 9.90 Å². The van der Waals surface area contributed by atoms with Gasteiger partial charge in [-0.25, -0.2) is 4.79 Å². The fourth-order valence-corrected chi connectivity index (χ4v) is 1.86. The highest BCUT2D eigenvalue weighted by atomic mass is 35.5. The van der Waals surface area contributed by atoms with Crippen LogP contribution < -0.4 is 5.73 Å². The van der Waals surface area contributed by atoms with Crippen molar-refractivity contribution in [3.8, 4) is 0 Å². The molecule has 1 amide bonds. The molecule has 0 fully saturated rings. The van der Waals surface area contributed by atoms with Gasteiger partial charge in [0.25, 0.3) is 0 Å². The molecule has 3 N–H and O–H groups in total. The Hall–Kier alpha value is -1.82. The van der Waals surface area contributed by atoms with Crippen molar-refractivity contribution in [2.45, 2.75) is 19.6 Å². The number of pyridine rings is 1. The van der Waals surface area contributed by atoms with E-state index in [4.69, 9.17) is 5.73 Å². The molecule has 22 heavy (non-hydrogen) atoms. The van der Waals surface area contributed by atoms with Crippen LogP contribution in [0.1, 0.15) is 16.8 Å². The molecular formula is C15H19Cl2N3O2. The van der Waals surface area contributed by atoms with E-state index in [1.807, 2.05) is 42.5 Å². The van der Waals surface area contributed by atoms with E-state index in [0.29, 0.717) is 18.8 Å². The number of rotatable bonds is 5. The molecule has 0 atom stereocenters. The second-order valence-corrected chi connectivity index (χ2v) is 4.49. The molecule has 0 radical (unpaired) electrons. The maximum atomic E-state index is 11.3. The minimum Gasteiger partial charge on any atom is -0.465 e. The third-order valence-corrected chi connectivity index (χ3v) is 2.96. The summed E-state index contributed by atoms with van der Waals surface area (Å²) in [6, 6.07) is 13.2. The number of halogens is 2. The minimum atomic E-state index is -0.960. The van der Waals surface area contributed by atoms with Crippen LogP contribution in [0.4, 0.5) is 4.79 Å². The van der Waals surface area contributed by atoms with Crippen LogP contribution in [0, 0.1) is 0 Å². The van der Waals surface area contributed by atoms with Crippen molar-refractivity contribution in [3.63, 3.8) is 0 Å². The lowest BCUT2D eigenvalue weighted by Crippen LogP contribution is -2.28. The molecule has 0 aliphatic carbocycles. The van der Waals surface area contributed by atoms with Crippen molar-refractivity contribution in [2.24, 2.45) is 5.73 Å².